The quantitative estimate of drug-likeness (QED) is 0.137. The summed E-state index contributed by atoms with van der Waals surface area (Å²) in [5.74, 6) is -0.826. The van der Waals surface area contributed by atoms with Crippen molar-refractivity contribution < 1.29 is 43.9 Å². The number of nitrogens with zero attached hydrogens (tertiary/aromatic N) is 2. The third-order valence-corrected chi connectivity index (χ3v) is 10.8. The Bertz CT molecular complexity index is 1180. The number of aliphatic hydroxyl groups excluding tert-OH is 2. The first-order chi connectivity index (χ1) is 22.1. The standard InChI is InChI=1S/C36H58N2O9/c1-9-28(40)24(4)33-29(45-33)19-35(5,43)15-10-11-22(2)32-23(3)12-13-30(36(6,44-8)16-14-27(39)18-31(41)47-32)46-34(42)38-21-25-17-26(38)20-37(25)7/h10-13,15,23-30,32-33,39-40,43H,9,14,16-21H2,1-8H3/b13-12+,15-10+,22-11+/t23?,24?,25-,26-,27?,28?,29?,30?,32?,33?,35?,36?/m0/s1. The summed E-state index contributed by atoms with van der Waals surface area (Å²) in [6, 6.07) is 0.470. The number of fused-ring (bicyclic) bond motifs is 2. The molecule has 0 saturated carbocycles. The number of piperazine rings is 1. The van der Waals surface area contributed by atoms with Gasteiger partial charge in [0, 0.05) is 50.5 Å². The number of amides is 1. The van der Waals surface area contributed by atoms with Crippen LogP contribution >= 0.6 is 0 Å². The van der Waals surface area contributed by atoms with E-state index in [1.165, 1.54) is 0 Å². The van der Waals surface area contributed by atoms with Gasteiger partial charge in [-0.3, -0.25) is 9.69 Å². The lowest BCUT2D eigenvalue weighted by molar-refractivity contribution is -0.151. The maximum atomic E-state index is 13.4. The molecule has 0 radical (unpaired) electrons. The molecule has 47 heavy (non-hydrogen) atoms. The maximum absolute atomic E-state index is 13.4. The molecule has 0 aromatic heterocycles. The Hall–Kier alpha value is -2.28. The van der Waals surface area contributed by atoms with Crippen LogP contribution in [0.1, 0.15) is 80.1 Å². The lowest BCUT2D eigenvalue weighted by Crippen LogP contribution is -2.51. The summed E-state index contributed by atoms with van der Waals surface area (Å²) in [7, 11) is 3.65. The highest BCUT2D eigenvalue weighted by atomic mass is 16.6. The molecule has 3 saturated heterocycles. The molecular weight excluding hydrogens is 604 g/mol. The van der Waals surface area contributed by atoms with E-state index in [0.29, 0.717) is 31.8 Å². The van der Waals surface area contributed by atoms with Crippen LogP contribution in [0.2, 0.25) is 0 Å². The lowest BCUT2D eigenvalue weighted by atomic mass is 9.88. The molecule has 0 aromatic rings. The number of cyclic esters (lactones) is 1. The van der Waals surface area contributed by atoms with E-state index in [1.54, 1.807) is 26.2 Å². The molecule has 266 valence electrons. The average Bonchev–Trinajstić information content (AvgIpc) is 3.48. The number of rotatable bonds is 10. The van der Waals surface area contributed by atoms with Crippen LogP contribution in [0.25, 0.3) is 0 Å². The van der Waals surface area contributed by atoms with Gasteiger partial charge in [-0.05, 0) is 65.2 Å². The summed E-state index contributed by atoms with van der Waals surface area (Å²) >= 11 is 0. The minimum atomic E-state index is -1.14. The van der Waals surface area contributed by atoms with Crippen LogP contribution in [0, 0.1) is 11.8 Å². The van der Waals surface area contributed by atoms with Gasteiger partial charge in [0.2, 0.25) is 0 Å². The van der Waals surface area contributed by atoms with Gasteiger partial charge in [0.1, 0.15) is 11.7 Å². The Labute approximate surface area is 280 Å². The number of esters is 1. The van der Waals surface area contributed by atoms with Crippen molar-refractivity contribution in [2.45, 2.75) is 140 Å². The topological polar surface area (TPSA) is 142 Å². The number of ether oxygens (including phenoxy) is 4. The number of likely N-dealkylation sites (N-methyl/N-ethyl adjacent to an activating group) is 1. The molecule has 4 rings (SSSR count). The number of carbonyl (C=O) groups is 2. The number of aliphatic hydroxyl groups is 3. The van der Waals surface area contributed by atoms with Crippen molar-refractivity contribution >= 4 is 12.1 Å². The van der Waals surface area contributed by atoms with Gasteiger partial charge in [0.25, 0.3) is 0 Å². The van der Waals surface area contributed by atoms with Crippen molar-refractivity contribution in [2.75, 3.05) is 27.2 Å². The fraction of sp³-hybridized carbons (Fsp3) is 0.778. The van der Waals surface area contributed by atoms with Crippen LogP contribution < -0.4 is 0 Å². The van der Waals surface area contributed by atoms with Crippen LogP contribution in [0.3, 0.4) is 0 Å². The first-order valence-corrected chi connectivity index (χ1v) is 17.3. The Morgan fingerprint density at radius 2 is 2.00 bits per heavy atom. The van der Waals surface area contributed by atoms with Gasteiger partial charge in [-0.25, -0.2) is 4.79 Å². The van der Waals surface area contributed by atoms with Crippen LogP contribution in [0.5, 0.6) is 0 Å². The fourth-order valence-electron chi connectivity index (χ4n) is 7.27. The van der Waals surface area contributed by atoms with E-state index in [1.807, 2.05) is 57.7 Å². The summed E-state index contributed by atoms with van der Waals surface area (Å²) < 4.78 is 23.7. The predicted octanol–water partition coefficient (Wildman–Crippen LogP) is 3.75. The number of likely N-dealkylation sites (tertiary alicyclic amines) is 2. The van der Waals surface area contributed by atoms with E-state index < -0.39 is 41.6 Å². The van der Waals surface area contributed by atoms with Gasteiger partial charge in [0.05, 0.1) is 36.4 Å². The van der Waals surface area contributed by atoms with Gasteiger partial charge in [-0.2, -0.15) is 0 Å². The molecule has 0 spiro atoms. The highest BCUT2D eigenvalue weighted by Crippen LogP contribution is 2.38. The van der Waals surface area contributed by atoms with Crippen LogP contribution in [-0.4, -0.2) is 124 Å². The predicted molar refractivity (Wildman–Crippen MR) is 178 cm³/mol. The van der Waals surface area contributed by atoms with Gasteiger partial charge in [-0.1, -0.05) is 45.1 Å². The first-order valence-electron chi connectivity index (χ1n) is 17.3. The summed E-state index contributed by atoms with van der Waals surface area (Å²) in [5, 5.41) is 31.9. The molecule has 0 aromatic carbocycles. The zero-order chi connectivity index (χ0) is 34.7. The summed E-state index contributed by atoms with van der Waals surface area (Å²) in [5.41, 5.74) is -1.33. The first kappa shape index (κ1) is 37.5. The SMILES string of the molecule is CCC(O)C(C)C1OC1CC(C)(O)/C=C/C=C(\C)C1OC(=O)CC(O)CCC(C)(OC)C(OC(=O)N2C[C@@H]3C[C@H]2CN3C)/C=C/C1C. The Morgan fingerprint density at radius 3 is 2.62 bits per heavy atom. The minimum Gasteiger partial charge on any atom is -0.457 e. The van der Waals surface area contributed by atoms with Crippen molar-refractivity contribution in [1.29, 1.82) is 0 Å². The Kier molecular flexibility index (Phi) is 12.4. The molecule has 3 N–H and O–H groups in total. The molecule has 1 amide bonds. The number of carbonyl (C=O) groups excluding carboxylic acids is 2. The fourth-order valence-corrected chi connectivity index (χ4v) is 7.27. The highest BCUT2D eigenvalue weighted by molar-refractivity contribution is 5.70. The number of allylic oxidation sites excluding steroid dienone is 2. The third-order valence-electron chi connectivity index (χ3n) is 10.8. The maximum Gasteiger partial charge on any atom is 0.410 e. The van der Waals surface area contributed by atoms with Gasteiger partial charge in [-0.15, -0.1) is 0 Å². The number of hydrogen-bond donors (Lipinski definition) is 3. The average molecular weight is 663 g/mol. The van der Waals surface area contributed by atoms with Crippen molar-refractivity contribution in [1.82, 2.24) is 9.80 Å². The van der Waals surface area contributed by atoms with E-state index >= 15 is 0 Å². The zero-order valence-electron chi connectivity index (χ0n) is 29.5. The van der Waals surface area contributed by atoms with Crippen molar-refractivity contribution in [3.05, 3.63) is 36.0 Å². The molecule has 11 heteroatoms. The second-order valence-corrected chi connectivity index (χ2v) is 14.8. The minimum absolute atomic E-state index is 0.00187. The van der Waals surface area contributed by atoms with Crippen molar-refractivity contribution in [3.63, 3.8) is 0 Å². The smallest absolute Gasteiger partial charge is 0.410 e. The van der Waals surface area contributed by atoms with Crippen LogP contribution in [0.15, 0.2) is 36.0 Å². The summed E-state index contributed by atoms with van der Waals surface area (Å²) in [6.45, 7) is 12.7. The Morgan fingerprint density at radius 1 is 1.28 bits per heavy atom. The molecule has 0 aliphatic carbocycles. The summed E-state index contributed by atoms with van der Waals surface area (Å²) in [6.07, 6.45) is 8.04. The monoisotopic (exact) mass is 662 g/mol. The molecule has 12 atom stereocenters. The molecule has 4 heterocycles. The van der Waals surface area contributed by atoms with Crippen molar-refractivity contribution in [3.8, 4) is 0 Å². The van der Waals surface area contributed by atoms with Crippen molar-refractivity contribution in [2.24, 2.45) is 11.8 Å². The van der Waals surface area contributed by atoms with E-state index in [-0.39, 0.29) is 49.0 Å². The molecule has 11 nitrogen and oxygen atoms in total. The van der Waals surface area contributed by atoms with E-state index in [2.05, 4.69) is 11.9 Å². The Balaban J connectivity index is 1.49. The van der Waals surface area contributed by atoms with Crippen LogP contribution in [0.4, 0.5) is 4.79 Å². The van der Waals surface area contributed by atoms with Gasteiger partial charge in [0.15, 0.2) is 6.10 Å². The largest absolute Gasteiger partial charge is 0.457 e. The van der Waals surface area contributed by atoms with E-state index in [0.717, 1.165) is 18.5 Å². The number of methoxy groups -OCH3 is 1. The normalized spacial score (nSPS) is 38.7. The molecular formula is C36H58N2O9. The second kappa shape index (κ2) is 15.5. The van der Waals surface area contributed by atoms with Gasteiger partial charge >= 0.3 is 12.1 Å². The third kappa shape index (κ3) is 9.45. The lowest BCUT2D eigenvalue weighted by Gasteiger charge is -2.38. The summed E-state index contributed by atoms with van der Waals surface area (Å²) in [4.78, 5) is 30.5. The van der Waals surface area contributed by atoms with Gasteiger partial charge < -0.3 is 39.2 Å². The molecule has 2 bridgehead atoms. The highest BCUT2D eigenvalue weighted by Gasteiger charge is 2.48. The van der Waals surface area contributed by atoms with E-state index in [9.17, 15) is 24.9 Å². The molecule has 4 aliphatic rings. The molecule has 4 aliphatic heterocycles. The zero-order valence-corrected chi connectivity index (χ0v) is 29.5. The molecule has 3 fully saturated rings. The number of epoxide rings is 1. The number of hydrogen-bond acceptors (Lipinski definition) is 10. The van der Waals surface area contributed by atoms with Crippen LogP contribution in [-0.2, 0) is 23.7 Å². The second-order valence-electron chi connectivity index (χ2n) is 14.8. The molecule has 10 unspecified atom stereocenters. The van der Waals surface area contributed by atoms with E-state index in [4.69, 9.17) is 18.9 Å².